The van der Waals surface area contributed by atoms with E-state index in [9.17, 15) is 15.0 Å². The predicted octanol–water partition coefficient (Wildman–Crippen LogP) is 1.03. The number of hydrogen-bond donors (Lipinski definition) is 2. The normalized spacial score (nSPS) is 41.7. The summed E-state index contributed by atoms with van der Waals surface area (Å²) in [4.78, 5) is 11.4. The monoisotopic (exact) mass is 214 g/mol. The van der Waals surface area contributed by atoms with Crippen molar-refractivity contribution in [3.05, 3.63) is 0 Å². The summed E-state index contributed by atoms with van der Waals surface area (Å²) in [7, 11) is 0. The summed E-state index contributed by atoms with van der Waals surface area (Å²) < 4.78 is 5.23. The van der Waals surface area contributed by atoms with Gasteiger partial charge in [0.25, 0.3) is 0 Å². The van der Waals surface area contributed by atoms with Gasteiger partial charge < -0.3 is 14.9 Å². The van der Waals surface area contributed by atoms with E-state index in [2.05, 4.69) is 0 Å². The fourth-order valence-corrected chi connectivity index (χ4v) is 2.96. The Bertz CT molecular complexity index is 245. The molecule has 0 amide bonds. The van der Waals surface area contributed by atoms with Gasteiger partial charge in [-0.3, -0.25) is 4.79 Å². The van der Waals surface area contributed by atoms with Crippen molar-refractivity contribution < 1.29 is 19.7 Å². The molecule has 0 aromatic carbocycles. The van der Waals surface area contributed by atoms with Crippen LogP contribution < -0.4 is 0 Å². The second kappa shape index (κ2) is 4.10. The molecule has 3 unspecified atom stereocenters. The zero-order chi connectivity index (χ0) is 10.9. The number of aliphatic hydroxyl groups is 1. The van der Waals surface area contributed by atoms with Gasteiger partial charge in [0.15, 0.2) is 0 Å². The van der Waals surface area contributed by atoms with Crippen LogP contribution in [0.15, 0.2) is 0 Å². The van der Waals surface area contributed by atoms with E-state index in [0.29, 0.717) is 13.0 Å². The van der Waals surface area contributed by atoms with E-state index in [1.165, 1.54) is 0 Å². The van der Waals surface area contributed by atoms with Crippen LogP contribution in [0.3, 0.4) is 0 Å². The first-order valence-corrected chi connectivity index (χ1v) is 5.66. The summed E-state index contributed by atoms with van der Waals surface area (Å²) in [5.74, 6) is -0.919. The Balaban J connectivity index is 2.19. The molecule has 2 aliphatic rings. The molecule has 2 rings (SSSR count). The fraction of sp³-hybridized carbons (Fsp3) is 0.909. The minimum absolute atomic E-state index is 0.119. The molecule has 3 atom stereocenters. The summed E-state index contributed by atoms with van der Waals surface area (Å²) in [6, 6.07) is 0. The number of carboxylic acids is 1. The molecule has 0 spiro atoms. The first-order chi connectivity index (χ1) is 7.17. The molecule has 0 bridgehead atoms. The van der Waals surface area contributed by atoms with E-state index >= 15 is 0 Å². The Kier molecular flexibility index (Phi) is 2.98. The Morgan fingerprint density at radius 1 is 1.33 bits per heavy atom. The van der Waals surface area contributed by atoms with Crippen molar-refractivity contribution in [1.29, 1.82) is 0 Å². The third-order valence-electron chi connectivity index (χ3n) is 3.92. The lowest BCUT2D eigenvalue weighted by atomic mass is 9.67. The van der Waals surface area contributed by atoms with Gasteiger partial charge in [0.05, 0.1) is 18.1 Å². The summed E-state index contributed by atoms with van der Waals surface area (Å²) >= 11 is 0. The first-order valence-electron chi connectivity index (χ1n) is 5.66. The van der Waals surface area contributed by atoms with Gasteiger partial charge in [-0.2, -0.15) is 0 Å². The molecular formula is C11H18O4. The number of hydrogen-bond acceptors (Lipinski definition) is 3. The molecule has 1 aliphatic heterocycles. The van der Waals surface area contributed by atoms with Crippen molar-refractivity contribution in [1.82, 2.24) is 0 Å². The lowest BCUT2D eigenvalue weighted by Gasteiger charge is -2.38. The van der Waals surface area contributed by atoms with Crippen molar-refractivity contribution >= 4 is 5.97 Å². The largest absolute Gasteiger partial charge is 0.481 e. The topological polar surface area (TPSA) is 66.8 Å². The molecule has 4 nitrogen and oxygen atoms in total. The first kappa shape index (κ1) is 10.9. The molecule has 0 aromatic rings. The predicted molar refractivity (Wildman–Crippen MR) is 53.5 cm³/mol. The summed E-state index contributed by atoms with van der Waals surface area (Å²) in [5, 5.41) is 19.3. The molecule has 1 aliphatic carbocycles. The lowest BCUT2D eigenvalue weighted by Crippen LogP contribution is -2.46. The van der Waals surface area contributed by atoms with E-state index in [1.807, 2.05) is 0 Å². The summed E-state index contributed by atoms with van der Waals surface area (Å²) in [6.45, 7) is 0.777. The van der Waals surface area contributed by atoms with Crippen molar-refractivity contribution in [2.75, 3.05) is 13.2 Å². The highest BCUT2D eigenvalue weighted by molar-refractivity contribution is 5.75. The van der Waals surface area contributed by atoms with Crippen LogP contribution >= 0.6 is 0 Å². The standard InChI is InChI=1S/C11H18O4/c12-9-4-2-1-3-8(9)11(10(13)14)5-6-15-7-11/h8-9,12H,1-7H2,(H,13,14). The van der Waals surface area contributed by atoms with Gasteiger partial charge in [0, 0.05) is 12.5 Å². The zero-order valence-electron chi connectivity index (χ0n) is 8.82. The second-order valence-electron chi connectivity index (χ2n) is 4.72. The van der Waals surface area contributed by atoms with Gasteiger partial charge in [0.2, 0.25) is 0 Å². The molecule has 4 heteroatoms. The quantitative estimate of drug-likeness (QED) is 0.720. The highest BCUT2D eigenvalue weighted by atomic mass is 16.5. The highest BCUT2D eigenvalue weighted by Crippen LogP contribution is 2.44. The molecule has 2 N–H and O–H groups in total. The van der Waals surface area contributed by atoms with Crippen LogP contribution in [0.25, 0.3) is 0 Å². The van der Waals surface area contributed by atoms with E-state index in [0.717, 1.165) is 25.7 Å². The molecule has 1 saturated heterocycles. The lowest BCUT2D eigenvalue weighted by molar-refractivity contribution is -0.157. The molecule has 0 radical (unpaired) electrons. The number of aliphatic carboxylic acids is 1. The third kappa shape index (κ3) is 1.76. The minimum Gasteiger partial charge on any atom is -0.481 e. The van der Waals surface area contributed by atoms with Gasteiger partial charge in [-0.25, -0.2) is 0 Å². The van der Waals surface area contributed by atoms with E-state index < -0.39 is 17.5 Å². The molecule has 1 saturated carbocycles. The molecule has 86 valence electrons. The zero-order valence-corrected chi connectivity index (χ0v) is 8.82. The SMILES string of the molecule is O=C(O)C1(C2CCCCC2O)CCOC1. The van der Waals surface area contributed by atoms with Crippen LogP contribution in [0.2, 0.25) is 0 Å². The van der Waals surface area contributed by atoms with Crippen molar-refractivity contribution in [3.8, 4) is 0 Å². The maximum atomic E-state index is 11.4. The molecule has 2 fully saturated rings. The van der Waals surface area contributed by atoms with Crippen molar-refractivity contribution in [2.45, 2.75) is 38.2 Å². The molecule has 15 heavy (non-hydrogen) atoms. The Morgan fingerprint density at radius 3 is 2.60 bits per heavy atom. The average Bonchev–Trinajstić information content (AvgIpc) is 2.68. The smallest absolute Gasteiger partial charge is 0.312 e. The Labute approximate surface area is 89.2 Å². The van der Waals surface area contributed by atoms with E-state index in [1.54, 1.807) is 0 Å². The van der Waals surface area contributed by atoms with Crippen LogP contribution in [0.1, 0.15) is 32.1 Å². The molecule has 0 aromatic heterocycles. The van der Waals surface area contributed by atoms with Crippen LogP contribution in [-0.2, 0) is 9.53 Å². The maximum absolute atomic E-state index is 11.4. The number of carboxylic acid groups (broad SMARTS) is 1. The van der Waals surface area contributed by atoms with Crippen LogP contribution in [0.5, 0.6) is 0 Å². The summed E-state index contributed by atoms with van der Waals surface area (Å²) in [6.07, 6.45) is 3.67. The van der Waals surface area contributed by atoms with Gasteiger partial charge in [-0.05, 0) is 19.3 Å². The third-order valence-corrected chi connectivity index (χ3v) is 3.92. The van der Waals surface area contributed by atoms with Gasteiger partial charge >= 0.3 is 5.97 Å². The highest BCUT2D eigenvalue weighted by Gasteiger charge is 2.51. The van der Waals surface area contributed by atoms with Crippen LogP contribution in [0.4, 0.5) is 0 Å². The van der Waals surface area contributed by atoms with Crippen molar-refractivity contribution in [2.24, 2.45) is 11.3 Å². The Morgan fingerprint density at radius 2 is 2.07 bits per heavy atom. The number of carbonyl (C=O) groups is 1. The summed E-state index contributed by atoms with van der Waals surface area (Å²) in [5.41, 5.74) is -0.820. The van der Waals surface area contributed by atoms with Crippen LogP contribution in [0, 0.1) is 11.3 Å². The van der Waals surface area contributed by atoms with Gasteiger partial charge in [-0.1, -0.05) is 12.8 Å². The van der Waals surface area contributed by atoms with E-state index in [4.69, 9.17) is 4.74 Å². The number of rotatable bonds is 2. The Hall–Kier alpha value is -0.610. The second-order valence-corrected chi connectivity index (χ2v) is 4.72. The fourth-order valence-electron chi connectivity index (χ4n) is 2.96. The number of aliphatic hydroxyl groups excluding tert-OH is 1. The van der Waals surface area contributed by atoms with Crippen molar-refractivity contribution in [3.63, 3.8) is 0 Å². The van der Waals surface area contributed by atoms with Gasteiger partial charge in [0.1, 0.15) is 0 Å². The average molecular weight is 214 g/mol. The van der Waals surface area contributed by atoms with E-state index in [-0.39, 0.29) is 12.5 Å². The molecular weight excluding hydrogens is 196 g/mol. The molecule has 1 heterocycles. The van der Waals surface area contributed by atoms with Crippen LogP contribution in [-0.4, -0.2) is 35.5 Å². The van der Waals surface area contributed by atoms with Gasteiger partial charge in [-0.15, -0.1) is 0 Å². The number of ether oxygens (including phenoxy) is 1. The minimum atomic E-state index is -0.820. The maximum Gasteiger partial charge on any atom is 0.312 e.